The number of amides is 2. The number of fused-ring (bicyclic) bond motifs is 1. The molecule has 0 aromatic carbocycles. The average Bonchev–Trinajstić information content (AvgIpc) is 2.25. The van der Waals surface area contributed by atoms with Gasteiger partial charge in [-0.15, -0.1) is 0 Å². The average molecular weight is 164 g/mol. The third-order valence-corrected chi connectivity index (χ3v) is 2.09. The highest BCUT2D eigenvalue weighted by Gasteiger charge is 2.53. The summed E-state index contributed by atoms with van der Waals surface area (Å²) in [4.78, 5) is 22.0. The van der Waals surface area contributed by atoms with Crippen molar-refractivity contribution in [1.29, 1.82) is 0 Å². The molecule has 1 saturated heterocycles. The second-order valence-corrected chi connectivity index (χ2v) is 2.83. The SMILES string of the molecule is [O]C12C=CC=CC1C(=O)NC2=O. The first-order valence-corrected chi connectivity index (χ1v) is 3.56. The van der Waals surface area contributed by atoms with Gasteiger partial charge in [0.15, 0.2) is 0 Å². The second kappa shape index (κ2) is 2.04. The molecule has 61 valence electrons. The van der Waals surface area contributed by atoms with Crippen LogP contribution in [0, 0.1) is 5.92 Å². The van der Waals surface area contributed by atoms with E-state index in [-0.39, 0.29) is 0 Å². The summed E-state index contributed by atoms with van der Waals surface area (Å²) < 4.78 is 0. The molecule has 0 aromatic heterocycles. The van der Waals surface area contributed by atoms with E-state index in [0.717, 1.165) is 0 Å². The lowest BCUT2D eigenvalue weighted by atomic mass is 9.86. The van der Waals surface area contributed by atoms with E-state index in [1.165, 1.54) is 18.2 Å². The summed E-state index contributed by atoms with van der Waals surface area (Å²) >= 11 is 0. The van der Waals surface area contributed by atoms with Crippen LogP contribution in [0.15, 0.2) is 24.3 Å². The molecule has 1 fully saturated rings. The van der Waals surface area contributed by atoms with Crippen LogP contribution in [-0.2, 0) is 14.7 Å². The zero-order valence-corrected chi connectivity index (χ0v) is 6.11. The van der Waals surface area contributed by atoms with Crippen LogP contribution >= 0.6 is 0 Å². The van der Waals surface area contributed by atoms with E-state index in [9.17, 15) is 14.7 Å². The van der Waals surface area contributed by atoms with E-state index >= 15 is 0 Å². The fourth-order valence-corrected chi connectivity index (χ4v) is 1.41. The highest BCUT2D eigenvalue weighted by atomic mass is 16.3. The second-order valence-electron chi connectivity index (χ2n) is 2.83. The molecule has 1 heterocycles. The molecule has 1 radical (unpaired) electrons. The fourth-order valence-electron chi connectivity index (χ4n) is 1.41. The normalized spacial score (nSPS) is 38.2. The molecular formula is C8H6NO3. The van der Waals surface area contributed by atoms with Gasteiger partial charge in [0.1, 0.15) is 5.92 Å². The molecule has 2 rings (SSSR count). The Labute approximate surface area is 68.6 Å². The Balaban J connectivity index is 2.49. The maximum Gasteiger partial charge on any atom is 0.267 e. The largest absolute Gasteiger partial charge is 0.293 e. The number of nitrogens with one attached hydrogen (secondary N) is 1. The van der Waals surface area contributed by atoms with Crippen LogP contribution in [0.2, 0.25) is 0 Å². The lowest BCUT2D eigenvalue weighted by Crippen LogP contribution is -2.39. The van der Waals surface area contributed by atoms with Crippen LogP contribution < -0.4 is 5.32 Å². The topological polar surface area (TPSA) is 66.1 Å². The molecule has 0 spiro atoms. The van der Waals surface area contributed by atoms with Crippen molar-refractivity contribution in [3.05, 3.63) is 24.3 Å². The predicted molar refractivity (Wildman–Crippen MR) is 38.3 cm³/mol. The van der Waals surface area contributed by atoms with E-state index in [0.29, 0.717) is 0 Å². The number of imide groups is 1. The van der Waals surface area contributed by atoms with E-state index in [4.69, 9.17) is 0 Å². The van der Waals surface area contributed by atoms with Gasteiger partial charge in [-0.3, -0.25) is 14.9 Å². The fraction of sp³-hybridized carbons (Fsp3) is 0.250. The van der Waals surface area contributed by atoms with Crippen LogP contribution in [0.4, 0.5) is 0 Å². The molecule has 0 saturated carbocycles. The number of hydrogen-bond donors (Lipinski definition) is 1. The smallest absolute Gasteiger partial charge is 0.267 e. The van der Waals surface area contributed by atoms with E-state index in [1.54, 1.807) is 6.08 Å². The summed E-state index contributed by atoms with van der Waals surface area (Å²) in [6, 6.07) is 0. The number of carbonyl (C=O) groups is 2. The lowest BCUT2D eigenvalue weighted by molar-refractivity contribution is -0.138. The van der Waals surface area contributed by atoms with E-state index in [1.807, 2.05) is 5.32 Å². The molecule has 1 N–H and O–H groups in total. The minimum Gasteiger partial charge on any atom is -0.293 e. The van der Waals surface area contributed by atoms with Crippen molar-refractivity contribution in [2.45, 2.75) is 5.60 Å². The van der Waals surface area contributed by atoms with Crippen molar-refractivity contribution in [1.82, 2.24) is 5.32 Å². The van der Waals surface area contributed by atoms with Gasteiger partial charge in [0.25, 0.3) is 5.91 Å². The molecule has 12 heavy (non-hydrogen) atoms. The Morgan fingerprint density at radius 3 is 2.75 bits per heavy atom. The Hall–Kier alpha value is -1.42. The van der Waals surface area contributed by atoms with Gasteiger partial charge in [0.2, 0.25) is 11.5 Å². The van der Waals surface area contributed by atoms with Crippen LogP contribution in [0.1, 0.15) is 0 Å². The first kappa shape index (κ1) is 7.24. The Morgan fingerprint density at radius 1 is 1.33 bits per heavy atom. The molecular weight excluding hydrogens is 158 g/mol. The quantitative estimate of drug-likeness (QED) is 0.493. The summed E-state index contributed by atoms with van der Waals surface area (Å²) in [6.45, 7) is 0. The first-order valence-electron chi connectivity index (χ1n) is 3.56. The highest BCUT2D eigenvalue weighted by molar-refractivity contribution is 6.11. The van der Waals surface area contributed by atoms with Gasteiger partial charge in [0.05, 0.1) is 0 Å². The molecule has 1 aliphatic heterocycles. The monoisotopic (exact) mass is 164 g/mol. The molecule has 0 bridgehead atoms. The third kappa shape index (κ3) is 0.698. The Morgan fingerprint density at radius 2 is 2.08 bits per heavy atom. The van der Waals surface area contributed by atoms with Crippen LogP contribution in [0.3, 0.4) is 0 Å². The van der Waals surface area contributed by atoms with Gasteiger partial charge in [-0.25, -0.2) is 5.11 Å². The molecule has 1 aliphatic carbocycles. The predicted octanol–water partition coefficient (Wildman–Crippen LogP) is -0.446. The molecule has 2 atom stereocenters. The number of allylic oxidation sites excluding steroid dienone is 2. The Kier molecular flexibility index (Phi) is 1.23. The maximum absolute atomic E-state index is 11.7. The first-order chi connectivity index (χ1) is 5.64. The molecule has 2 amide bonds. The summed E-state index contributed by atoms with van der Waals surface area (Å²) in [5, 5.41) is 13.7. The van der Waals surface area contributed by atoms with Gasteiger partial charge >= 0.3 is 0 Å². The van der Waals surface area contributed by atoms with Gasteiger partial charge in [0, 0.05) is 0 Å². The van der Waals surface area contributed by atoms with Crippen molar-refractivity contribution < 1.29 is 14.7 Å². The minimum atomic E-state index is -1.90. The summed E-state index contributed by atoms with van der Waals surface area (Å²) in [7, 11) is 0. The summed E-state index contributed by atoms with van der Waals surface area (Å²) in [6.07, 6.45) is 5.76. The Bertz CT molecular complexity index is 318. The zero-order valence-electron chi connectivity index (χ0n) is 6.11. The standard InChI is InChI=1S/C8H6NO3/c10-6-5-3-1-2-4-8(5,12)7(11)9-6/h1-5H,(H,9,10,11). The summed E-state index contributed by atoms with van der Waals surface area (Å²) in [5.41, 5.74) is -1.90. The number of hydrogen-bond acceptors (Lipinski definition) is 2. The van der Waals surface area contributed by atoms with Crippen LogP contribution in [0.5, 0.6) is 0 Å². The van der Waals surface area contributed by atoms with Crippen molar-refractivity contribution >= 4 is 11.8 Å². The van der Waals surface area contributed by atoms with E-state index in [2.05, 4.69) is 0 Å². The third-order valence-electron chi connectivity index (χ3n) is 2.09. The van der Waals surface area contributed by atoms with Gasteiger partial charge in [-0.2, -0.15) is 0 Å². The zero-order chi connectivity index (χ0) is 8.77. The van der Waals surface area contributed by atoms with Crippen LogP contribution in [0.25, 0.3) is 0 Å². The van der Waals surface area contributed by atoms with Crippen LogP contribution in [-0.4, -0.2) is 17.4 Å². The lowest BCUT2D eigenvalue weighted by Gasteiger charge is -2.18. The maximum atomic E-state index is 11.7. The molecule has 0 aromatic rings. The van der Waals surface area contributed by atoms with Gasteiger partial charge in [-0.05, 0) is 6.08 Å². The molecule has 2 aliphatic rings. The number of carbonyl (C=O) groups excluding carboxylic acids is 2. The van der Waals surface area contributed by atoms with Crippen molar-refractivity contribution in [3.63, 3.8) is 0 Å². The molecule has 2 unspecified atom stereocenters. The molecule has 4 nitrogen and oxygen atoms in total. The summed E-state index contributed by atoms with van der Waals surface area (Å²) in [5.74, 6) is -2.12. The van der Waals surface area contributed by atoms with Gasteiger partial charge < -0.3 is 0 Å². The van der Waals surface area contributed by atoms with Crippen molar-refractivity contribution in [3.8, 4) is 0 Å². The van der Waals surface area contributed by atoms with Crippen molar-refractivity contribution in [2.75, 3.05) is 0 Å². The molecule has 4 heteroatoms. The van der Waals surface area contributed by atoms with Crippen molar-refractivity contribution in [2.24, 2.45) is 5.92 Å². The minimum absolute atomic E-state index is 0.504. The highest BCUT2D eigenvalue weighted by Crippen LogP contribution is 2.30. The van der Waals surface area contributed by atoms with E-state index < -0.39 is 23.3 Å². The number of rotatable bonds is 0. The van der Waals surface area contributed by atoms with Gasteiger partial charge in [-0.1, -0.05) is 18.2 Å².